The molecule has 1 unspecified atom stereocenters. The molecule has 1 atom stereocenters. The molecule has 1 aliphatic carbocycles. The van der Waals surface area contributed by atoms with Gasteiger partial charge in [0.25, 0.3) is 0 Å². The number of benzene rings is 1. The molecule has 1 aromatic carbocycles. The van der Waals surface area contributed by atoms with Gasteiger partial charge < -0.3 is 14.8 Å². The Labute approximate surface area is 199 Å². The Hall–Kier alpha value is -2.53. The van der Waals surface area contributed by atoms with E-state index in [1.807, 2.05) is 0 Å². The highest BCUT2D eigenvalue weighted by atomic mass is 32.2. The molecule has 0 spiro atoms. The third-order valence-electron chi connectivity index (χ3n) is 6.00. The third-order valence-corrected chi connectivity index (χ3v) is 7.02. The summed E-state index contributed by atoms with van der Waals surface area (Å²) in [6.07, 6.45) is 0.830. The molecule has 2 aromatic rings. The highest BCUT2D eigenvalue weighted by molar-refractivity contribution is 8.00. The van der Waals surface area contributed by atoms with E-state index in [2.05, 4.69) is 10.3 Å². The van der Waals surface area contributed by atoms with Crippen LogP contribution in [0.1, 0.15) is 42.5 Å². The third kappa shape index (κ3) is 5.57. The average molecular weight is 498 g/mol. The first kappa shape index (κ1) is 24.6. The van der Waals surface area contributed by atoms with E-state index in [0.29, 0.717) is 18.2 Å². The fourth-order valence-electron chi connectivity index (χ4n) is 4.35. The zero-order chi connectivity index (χ0) is 24.3. The minimum Gasteiger partial charge on any atom is -0.495 e. The van der Waals surface area contributed by atoms with Crippen molar-refractivity contribution in [2.75, 3.05) is 24.8 Å². The quantitative estimate of drug-likeness (QED) is 0.459. The average Bonchev–Trinajstić information content (AvgIpc) is 3.32. The fraction of sp³-hybridized carbons (Fsp3) is 0.522. The maximum Gasteiger partial charge on any atom is 0.416 e. The molecule has 34 heavy (non-hydrogen) atoms. The predicted octanol–water partition coefficient (Wildman–Crippen LogP) is 4.06. The van der Waals surface area contributed by atoms with Gasteiger partial charge in [0.05, 0.1) is 36.8 Å². The van der Waals surface area contributed by atoms with Gasteiger partial charge in [-0.15, -0.1) is 0 Å². The number of fused-ring (bicyclic) bond motifs is 1. The second-order valence-corrected chi connectivity index (χ2v) is 9.29. The van der Waals surface area contributed by atoms with E-state index in [-0.39, 0.29) is 29.0 Å². The van der Waals surface area contributed by atoms with Gasteiger partial charge in [-0.2, -0.15) is 18.2 Å². The topological polar surface area (TPSA) is 82.5 Å². The van der Waals surface area contributed by atoms with Gasteiger partial charge in [0, 0.05) is 17.9 Å². The number of methoxy groups -OCH3 is 1. The fourth-order valence-corrected chi connectivity index (χ4v) is 5.23. The number of halogens is 3. The van der Waals surface area contributed by atoms with E-state index in [9.17, 15) is 22.8 Å². The number of thioether (sulfide) groups is 1. The van der Waals surface area contributed by atoms with Crippen molar-refractivity contribution >= 4 is 23.4 Å². The smallest absolute Gasteiger partial charge is 0.416 e. The summed E-state index contributed by atoms with van der Waals surface area (Å²) in [5.41, 5.74) is 0.604. The second kappa shape index (κ2) is 10.4. The Balaban J connectivity index is 1.50. The molecule has 11 heteroatoms. The first-order valence-electron chi connectivity index (χ1n) is 11.2. The van der Waals surface area contributed by atoms with Crippen molar-refractivity contribution in [1.29, 1.82) is 0 Å². The van der Waals surface area contributed by atoms with Crippen molar-refractivity contribution in [3.8, 4) is 5.75 Å². The Morgan fingerprint density at radius 3 is 2.79 bits per heavy atom. The molecule has 7 nitrogen and oxygen atoms in total. The van der Waals surface area contributed by atoms with Gasteiger partial charge >= 0.3 is 11.9 Å². The lowest BCUT2D eigenvalue weighted by Crippen LogP contribution is -2.34. The molecule has 1 aliphatic heterocycles. The number of hydrogen-bond donors (Lipinski definition) is 1. The molecule has 4 rings (SSSR count). The number of aromatic nitrogens is 2. The number of amides is 1. The number of anilines is 1. The maximum absolute atomic E-state index is 13.1. The molecule has 0 radical (unpaired) electrons. The lowest BCUT2D eigenvalue weighted by molar-refractivity contribution is -0.137. The molecular weight excluding hydrogens is 471 g/mol. The van der Waals surface area contributed by atoms with Crippen LogP contribution in [0.4, 0.5) is 18.9 Å². The number of nitrogens with one attached hydrogen (secondary N) is 1. The van der Waals surface area contributed by atoms with Crippen LogP contribution in [0.5, 0.6) is 5.75 Å². The van der Waals surface area contributed by atoms with E-state index < -0.39 is 17.6 Å². The highest BCUT2D eigenvalue weighted by Crippen LogP contribution is 2.35. The van der Waals surface area contributed by atoms with Crippen molar-refractivity contribution in [2.24, 2.45) is 0 Å². The van der Waals surface area contributed by atoms with Crippen LogP contribution >= 0.6 is 11.8 Å². The van der Waals surface area contributed by atoms with Crippen LogP contribution in [0, 0.1) is 0 Å². The summed E-state index contributed by atoms with van der Waals surface area (Å²) in [6, 6.07) is 2.90. The number of hydrogen-bond acceptors (Lipinski definition) is 6. The van der Waals surface area contributed by atoms with Gasteiger partial charge in [0.2, 0.25) is 5.91 Å². The Morgan fingerprint density at radius 2 is 2.09 bits per heavy atom. The van der Waals surface area contributed by atoms with Crippen molar-refractivity contribution in [3.63, 3.8) is 0 Å². The Morgan fingerprint density at radius 1 is 1.29 bits per heavy atom. The Bertz CT molecular complexity index is 1110. The number of rotatable bonds is 7. The van der Waals surface area contributed by atoms with Gasteiger partial charge in [-0.1, -0.05) is 11.8 Å². The van der Waals surface area contributed by atoms with Crippen molar-refractivity contribution in [3.05, 3.63) is 45.5 Å². The van der Waals surface area contributed by atoms with E-state index in [0.717, 1.165) is 79.7 Å². The zero-order valence-corrected chi connectivity index (χ0v) is 19.6. The highest BCUT2D eigenvalue weighted by Gasteiger charge is 2.31. The van der Waals surface area contributed by atoms with Crippen LogP contribution in [0.3, 0.4) is 0 Å². The number of nitrogens with zero attached hydrogens (tertiary/aromatic N) is 2. The molecule has 184 valence electrons. The molecule has 2 aliphatic rings. The molecule has 0 saturated carbocycles. The number of ether oxygens (including phenoxy) is 2. The second-order valence-electron chi connectivity index (χ2n) is 8.33. The SMILES string of the molecule is COc1ccc(C(F)(F)F)cc1NC(=O)CSc1nc(=O)n(CC2CCCO2)c2c1CCCC2. The van der Waals surface area contributed by atoms with Crippen molar-refractivity contribution < 1.29 is 27.4 Å². The van der Waals surface area contributed by atoms with E-state index in [1.165, 1.54) is 7.11 Å². The molecule has 1 saturated heterocycles. The van der Waals surface area contributed by atoms with Crippen LogP contribution in [0.2, 0.25) is 0 Å². The van der Waals surface area contributed by atoms with Crippen LogP contribution in [-0.4, -0.2) is 41.0 Å². The molecule has 2 heterocycles. The van der Waals surface area contributed by atoms with Gasteiger partial charge in [0.15, 0.2) is 0 Å². The molecule has 0 bridgehead atoms. The number of carbonyl (C=O) groups is 1. The molecule has 1 N–H and O–H groups in total. The summed E-state index contributed by atoms with van der Waals surface area (Å²) in [6.45, 7) is 1.18. The zero-order valence-electron chi connectivity index (χ0n) is 18.7. The summed E-state index contributed by atoms with van der Waals surface area (Å²) in [7, 11) is 1.31. The van der Waals surface area contributed by atoms with E-state index >= 15 is 0 Å². The molecule has 1 amide bonds. The van der Waals surface area contributed by atoms with Crippen molar-refractivity contribution in [1.82, 2.24) is 9.55 Å². The summed E-state index contributed by atoms with van der Waals surface area (Å²) >= 11 is 1.12. The first-order chi connectivity index (χ1) is 16.3. The maximum atomic E-state index is 13.1. The predicted molar refractivity (Wildman–Crippen MR) is 121 cm³/mol. The molecule has 1 aromatic heterocycles. The monoisotopic (exact) mass is 497 g/mol. The van der Waals surface area contributed by atoms with E-state index in [4.69, 9.17) is 9.47 Å². The first-order valence-corrected chi connectivity index (χ1v) is 12.2. The normalized spacial score (nSPS) is 17.9. The summed E-state index contributed by atoms with van der Waals surface area (Å²) in [5, 5.41) is 2.99. The Kier molecular flexibility index (Phi) is 7.51. The van der Waals surface area contributed by atoms with Gasteiger partial charge in [-0.25, -0.2) is 4.79 Å². The molecular formula is C23H26F3N3O4S. The molecule has 1 fully saturated rings. The lowest BCUT2D eigenvalue weighted by Gasteiger charge is -2.24. The largest absolute Gasteiger partial charge is 0.495 e. The van der Waals surface area contributed by atoms with Crippen LogP contribution in [0.15, 0.2) is 28.0 Å². The standard InChI is InChI=1S/C23H26F3N3O4S/c1-32-19-9-8-14(23(24,25)26)11-17(19)27-20(30)13-34-21-16-6-2-3-7-18(16)29(22(31)28-21)12-15-5-4-10-33-15/h8-9,11,15H,2-7,10,12-13H2,1H3,(H,27,30). The minimum absolute atomic E-state index is 0.0113. The van der Waals surface area contributed by atoms with Crippen LogP contribution in [0.25, 0.3) is 0 Å². The minimum atomic E-state index is -4.54. The van der Waals surface area contributed by atoms with Crippen LogP contribution in [-0.2, 0) is 35.1 Å². The number of carbonyl (C=O) groups excluding carboxylic acids is 1. The van der Waals surface area contributed by atoms with Gasteiger partial charge in [0.1, 0.15) is 10.8 Å². The summed E-state index contributed by atoms with van der Waals surface area (Å²) in [4.78, 5) is 29.6. The van der Waals surface area contributed by atoms with Gasteiger partial charge in [-0.05, 0) is 56.7 Å². The van der Waals surface area contributed by atoms with Crippen molar-refractivity contribution in [2.45, 2.75) is 62.4 Å². The van der Waals surface area contributed by atoms with Gasteiger partial charge in [-0.3, -0.25) is 9.36 Å². The lowest BCUT2D eigenvalue weighted by atomic mass is 9.97. The van der Waals surface area contributed by atoms with E-state index in [1.54, 1.807) is 4.57 Å². The summed E-state index contributed by atoms with van der Waals surface area (Å²) in [5.74, 6) is -0.496. The summed E-state index contributed by atoms with van der Waals surface area (Å²) < 4.78 is 51.7. The number of alkyl halides is 3. The van der Waals surface area contributed by atoms with Crippen LogP contribution < -0.4 is 15.7 Å².